The Kier molecular flexibility index (Phi) is 6.16. The number of hydrogen-bond acceptors (Lipinski definition) is 5. The van der Waals surface area contributed by atoms with Crippen molar-refractivity contribution in [2.75, 3.05) is 21.3 Å². The first-order valence-corrected chi connectivity index (χ1v) is 9.26. The molecule has 1 unspecified atom stereocenters. The van der Waals surface area contributed by atoms with Gasteiger partial charge in [0.1, 0.15) is 22.1 Å². The fourth-order valence-corrected chi connectivity index (χ4v) is 4.05. The highest BCUT2D eigenvalue weighted by Crippen LogP contribution is 2.32. The van der Waals surface area contributed by atoms with E-state index < -0.39 is 16.1 Å². The van der Waals surface area contributed by atoms with Crippen LogP contribution < -0.4 is 18.9 Å². The number of halogens is 1. The average Bonchev–Trinajstić information content (AvgIpc) is 2.60. The van der Waals surface area contributed by atoms with Crippen molar-refractivity contribution in [3.8, 4) is 17.2 Å². The van der Waals surface area contributed by atoms with Crippen LogP contribution in [0, 0.1) is 0 Å². The normalized spacial score (nSPS) is 12.5. The molecule has 0 bridgehead atoms. The molecule has 0 heterocycles. The maximum Gasteiger partial charge on any atom is 0.244 e. The molecule has 0 aliphatic carbocycles. The highest BCUT2D eigenvalue weighted by Gasteiger charge is 2.24. The summed E-state index contributed by atoms with van der Waals surface area (Å²) in [5.41, 5.74) is 0.645. The van der Waals surface area contributed by atoms with Crippen LogP contribution in [-0.2, 0) is 10.0 Å². The zero-order valence-corrected chi connectivity index (χ0v) is 15.9. The summed E-state index contributed by atoms with van der Waals surface area (Å²) in [5.74, 6) is 1.36. The highest BCUT2D eigenvalue weighted by molar-refractivity contribution is 7.89. The van der Waals surface area contributed by atoms with E-state index in [4.69, 9.17) is 25.8 Å². The zero-order chi connectivity index (χ0) is 18.6. The first-order chi connectivity index (χ1) is 11.8. The summed E-state index contributed by atoms with van der Waals surface area (Å²) in [6.45, 7) is 1.71. The van der Waals surface area contributed by atoms with E-state index in [0.29, 0.717) is 22.1 Å². The van der Waals surface area contributed by atoms with E-state index in [0.717, 1.165) is 0 Å². The molecular formula is C17H20ClNO5S. The molecular weight excluding hydrogens is 366 g/mol. The summed E-state index contributed by atoms with van der Waals surface area (Å²) < 4.78 is 43.8. The standard InChI is InChI=1S/C17H20ClNO5S/c1-11(14-10-13(22-2)6-8-15(14)23-3)19-25(20,21)17-9-12(18)5-7-16(17)24-4/h5-11,19H,1-4H3. The summed E-state index contributed by atoms with van der Waals surface area (Å²) in [4.78, 5) is -0.0313. The second kappa shape index (κ2) is 7.95. The minimum Gasteiger partial charge on any atom is -0.497 e. The number of hydrogen-bond donors (Lipinski definition) is 1. The van der Waals surface area contributed by atoms with Crippen LogP contribution in [-0.4, -0.2) is 29.7 Å². The van der Waals surface area contributed by atoms with Crippen molar-refractivity contribution in [1.82, 2.24) is 4.72 Å². The van der Waals surface area contributed by atoms with Gasteiger partial charge in [-0.05, 0) is 43.3 Å². The van der Waals surface area contributed by atoms with Crippen LogP contribution in [0.3, 0.4) is 0 Å². The van der Waals surface area contributed by atoms with Gasteiger partial charge >= 0.3 is 0 Å². The summed E-state index contributed by atoms with van der Waals surface area (Å²) in [6.07, 6.45) is 0. The van der Waals surface area contributed by atoms with Crippen LogP contribution in [0.25, 0.3) is 0 Å². The molecule has 0 aliphatic heterocycles. The lowest BCUT2D eigenvalue weighted by molar-refractivity contribution is 0.394. The summed E-state index contributed by atoms with van der Waals surface area (Å²) in [5, 5.41) is 0.299. The molecule has 2 aromatic rings. The van der Waals surface area contributed by atoms with Crippen LogP contribution in [0.1, 0.15) is 18.5 Å². The van der Waals surface area contributed by atoms with Gasteiger partial charge in [0.2, 0.25) is 10.0 Å². The Bertz CT molecular complexity index is 854. The van der Waals surface area contributed by atoms with Gasteiger partial charge in [-0.1, -0.05) is 11.6 Å². The van der Waals surface area contributed by atoms with Gasteiger partial charge in [-0.3, -0.25) is 0 Å². The first kappa shape index (κ1) is 19.4. The largest absolute Gasteiger partial charge is 0.497 e. The van der Waals surface area contributed by atoms with E-state index in [-0.39, 0.29) is 10.6 Å². The van der Waals surface area contributed by atoms with Crippen LogP contribution in [0.5, 0.6) is 17.2 Å². The van der Waals surface area contributed by atoms with Crippen molar-refractivity contribution < 1.29 is 22.6 Å². The molecule has 1 atom stereocenters. The molecule has 0 saturated carbocycles. The number of ether oxygens (including phenoxy) is 3. The van der Waals surface area contributed by atoms with Crippen molar-refractivity contribution in [2.24, 2.45) is 0 Å². The minimum atomic E-state index is -3.87. The monoisotopic (exact) mass is 385 g/mol. The molecule has 6 nitrogen and oxygen atoms in total. The Hall–Kier alpha value is -1.96. The Morgan fingerprint density at radius 1 is 0.960 bits per heavy atom. The third-order valence-corrected chi connectivity index (χ3v) is 5.45. The molecule has 8 heteroatoms. The lowest BCUT2D eigenvalue weighted by Crippen LogP contribution is -2.27. The molecule has 0 aliphatic rings. The van der Waals surface area contributed by atoms with Gasteiger partial charge in [0.25, 0.3) is 0 Å². The molecule has 2 aromatic carbocycles. The van der Waals surface area contributed by atoms with Crippen LogP contribution in [0.4, 0.5) is 0 Å². The topological polar surface area (TPSA) is 73.9 Å². The minimum absolute atomic E-state index is 0.0313. The highest BCUT2D eigenvalue weighted by atomic mass is 35.5. The van der Waals surface area contributed by atoms with Crippen molar-refractivity contribution in [3.63, 3.8) is 0 Å². The van der Waals surface area contributed by atoms with Gasteiger partial charge in [0.05, 0.1) is 21.3 Å². The van der Waals surface area contributed by atoms with Crippen molar-refractivity contribution in [1.29, 1.82) is 0 Å². The van der Waals surface area contributed by atoms with Crippen LogP contribution in [0.2, 0.25) is 5.02 Å². The Morgan fingerprint density at radius 3 is 2.20 bits per heavy atom. The number of benzene rings is 2. The van der Waals surface area contributed by atoms with E-state index >= 15 is 0 Å². The van der Waals surface area contributed by atoms with Crippen molar-refractivity contribution in [2.45, 2.75) is 17.9 Å². The third-order valence-electron chi connectivity index (χ3n) is 3.65. The zero-order valence-electron chi connectivity index (χ0n) is 14.4. The number of rotatable bonds is 7. The Balaban J connectivity index is 2.40. The van der Waals surface area contributed by atoms with Gasteiger partial charge < -0.3 is 14.2 Å². The van der Waals surface area contributed by atoms with Crippen LogP contribution >= 0.6 is 11.6 Å². The van der Waals surface area contributed by atoms with E-state index in [1.54, 1.807) is 31.2 Å². The molecule has 0 saturated heterocycles. The van der Waals surface area contributed by atoms with Crippen molar-refractivity contribution in [3.05, 3.63) is 47.0 Å². The van der Waals surface area contributed by atoms with Crippen LogP contribution in [0.15, 0.2) is 41.3 Å². The Morgan fingerprint density at radius 2 is 1.60 bits per heavy atom. The maximum absolute atomic E-state index is 12.8. The Labute approximate surface area is 152 Å². The van der Waals surface area contributed by atoms with Gasteiger partial charge in [0.15, 0.2) is 0 Å². The molecule has 0 amide bonds. The number of methoxy groups -OCH3 is 3. The van der Waals surface area contributed by atoms with E-state index in [2.05, 4.69) is 4.72 Å². The van der Waals surface area contributed by atoms with Crippen molar-refractivity contribution >= 4 is 21.6 Å². The first-order valence-electron chi connectivity index (χ1n) is 7.40. The second-order valence-corrected chi connectivity index (χ2v) is 7.36. The maximum atomic E-state index is 12.8. The van der Waals surface area contributed by atoms with Gasteiger partial charge in [-0.25, -0.2) is 13.1 Å². The number of nitrogens with one attached hydrogen (secondary N) is 1. The molecule has 1 N–H and O–H groups in total. The molecule has 2 rings (SSSR count). The smallest absolute Gasteiger partial charge is 0.244 e. The fourth-order valence-electron chi connectivity index (χ4n) is 2.40. The second-order valence-electron chi connectivity index (χ2n) is 5.25. The van der Waals surface area contributed by atoms with Gasteiger partial charge in [-0.2, -0.15) is 0 Å². The average molecular weight is 386 g/mol. The SMILES string of the molecule is COc1ccc(OC)c(C(C)NS(=O)(=O)c2cc(Cl)ccc2OC)c1. The van der Waals surface area contributed by atoms with E-state index in [1.807, 2.05) is 0 Å². The molecule has 0 spiro atoms. The summed E-state index contributed by atoms with van der Waals surface area (Å²) >= 11 is 5.94. The van der Waals surface area contributed by atoms with E-state index in [9.17, 15) is 8.42 Å². The number of sulfonamides is 1. The predicted molar refractivity (Wildman–Crippen MR) is 96.3 cm³/mol. The molecule has 0 radical (unpaired) electrons. The molecule has 136 valence electrons. The quantitative estimate of drug-likeness (QED) is 0.790. The molecule has 0 fully saturated rings. The molecule has 0 aromatic heterocycles. The van der Waals surface area contributed by atoms with E-state index in [1.165, 1.54) is 33.5 Å². The lowest BCUT2D eigenvalue weighted by atomic mass is 10.1. The predicted octanol–water partition coefficient (Wildman–Crippen LogP) is 3.41. The molecule has 25 heavy (non-hydrogen) atoms. The summed E-state index contributed by atoms with van der Waals surface area (Å²) in [6, 6.07) is 9.03. The third kappa shape index (κ3) is 4.36. The fraction of sp³-hybridized carbons (Fsp3) is 0.294. The van der Waals surface area contributed by atoms with Gasteiger partial charge in [-0.15, -0.1) is 0 Å². The van der Waals surface area contributed by atoms with Gasteiger partial charge in [0, 0.05) is 16.6 Å². The summed E-state index contributed by atoms with van der Waals surface area (Å²) in [7, 11) is 0.586. The lowest BCUT2D eigenvalue weighted by Gasteiger charge is -2.19.